The van der Waals surface area contributed by atoms with Crippen molar-refractivity contribution < 1.29 is 4.79 Å². The van der Waals surface area contributed by atoms with Gasteiger partial charge in [-0.1, -0.05) is 0 Å². The van der Waals surface area contributed by atoms with Crippen molar-refractivity contribution in [3.05, 3.63) is 33.7 Å². The number of aryl methyl sites for hydroxylation is 1. The van der Waals surface area contributed by atoms with Gasteiger partial charge in [-0.2, -0.15) is 5.26 Å². The Bertz CT molecular complexity index is 563. The van der Waals surface area contributed by atoms with Crippen LogP contribution in [0.3, 0.4) is 0 Å². The first-order valence-electron chi connectivity index (χ1n) is 6.02. The van der Waals surface area contributed by atoms with Gasteiger partial charge in [-0.3, -0.25) is 9.59 Å². The molecule has 1 saturated heterocycles. The van der Waals surface area contributed by atoms with E-state index in [9.17, 15) is 9.59 Å². The molecule has 0 bridgehead atoms. The molecule has 1 aromatic rings. The van der Waals surface area contributed by atoms with Crippen LogP contribution in [0.2, 0.25) is 0 Å². The molecule has 1 amide bonds. The van der Waals surface area contributed by atoms with Crippen LogP contribution in [0.1, 0.15) is 24.1 Å². The number of likely N-dealkylation sites (tertiary alicyclic amines) is 1. The normalized spacial score (nSPS) is 14.6. The zero-order valence-corrected chi connectivity index (χ0v) is 10.3. The Morgan fingerprint density at radius 3 is 2.67 bits per heavy atom. The third-order valence-corrected chi connectivity index (χ3v) is 3.27. The first-order chi connectivity index (χ1) is 8.63. The van der Waals surface area contributed by atoms with Gasteiger partial charge in [-0.25, -0.2) is 0 Å². The summed E-state index contributed by atoms with van der Waals surface area (Å²) in [6.45, 7) is 3.33. The summed E-state index contributed by atoms with van der Waals surface area (Å²) in [7, 11) is 0. The molecule has 0 atom stereocenters. The van der Waals surface area contributed by atoms with Gasteiger partial charge in [0.05, 0.1) is 0 Å². The van der Waals surface area contributed by atoms with Crippen molar-refractivity contribution in [1.29, 1.82) is 5.26 Å². The number of aromatic nitrogens is 1. The second kappa shape index (κ2) is 5.05. The minimum Gasteiger partial charge on any atom is -0.341 e. The van der Waals surface area contributed by atoms with Crippen LogP contribution in [0.25, 0.3) is 0 Å². The van der Waals surface area contributed by atoms with Crippen LogP contribution in [0.15, 0.2) is 16.9 Å². The quantitative estimate of drug-likeness (QED) is 0.768. The van der Waals surface area contributed by atoms with Crippen molar-refractivity contribution in [3.63, 3.8) is 0 Å². The van der Waals surface area contributed by atoms with Crippen molar-refractivity contribution in [1.82, 2.24) is 9.47 Å². The highest BCUT2D eigenvalue weighted by Gasteiger charge is 2.19. The molecule has 1 aliphatic heterocycles. The Morgan fingerprint density at radius 1 is 1.39 bits per heavy atom. The Morgan fingerprint density at radius 2 is 2.06 bits per heavy atom. The standard InChI is InChI=1S/C13H15N3O2/c1-10-4-5-11(8-14)13(18)16(10)9-12(17)15-6-2-3-7-15/h4-5H,2-3,6-7,9H2,1H3. The van der Waals surface area contributed by atoms with E-state index in [1.54, 1.807) is 17.9 Å². The van der Waals surface area contributed by atoms with E-state index in [1.165, 1.54) is 10.6 Å². The van der Waals surface area contributed by atoms with Crippen LogP contribution in [-0.2, 0) is 11.3 Å². The molecular formula is C13H15N3O2. The Hall–Kier alpha value is -2.09. The molecular weight excluding hydrogens is 230 g/mol. The first kappa shape index (κ1) is 12.4. The molecule has 0 spiro atoms. The Labute approximate surface area is 105 Å². The van der Waals surface area contributed by atoms with Crippen molar-refractivity contribution in [3.8, 4) is 6.07 Å². The molecule has 0 N–H and O–H groups in total. The van der Waals surface area contributed by atoms with Crippen LogP contribution in [0.5, 0.6) is 0 Å². The molecule has 1 fully saturated rings. The van der Waals surface area contributed by atoms with E-state index in [0.717, 1.165) is 25.9 Å². The number of nitrogens with zero attached hydrogens (tertiary/aromatic N) is 3. The maximum Gasteiger partial charge on any atom is 0.269 e. The van der Waals surface area contributed by atoms with Gasteiger partial charge in [0.2, 0.25) is 5.91 Å². The van der Waals surface area contributed by atoms with Crippen molar-refractivity contribution in [2.75, 3.05) is 13.1 Å². The van der Waals surface area contributed by atoms with E-state index in [-0.39, 0.29) is 23.6 Å². The number of pyridine rings is 1. The minimum absolute atomic E-state index is 0.0280. The third kappa shape index (κ3) is 2.28. The molecule has 0 saturated carbocycles. The highest BCUT2D eigenvalue weighted by atomic mass is 16.2. The van der Waals surface area contributed by atoms with E-state index in [0.29, 0.717) is 5.69 Å². The number of carbonyl (C=O) groups is 1. The van der Waals surface area contributed by atoms with Crippen LogP contribution in [0.4, 0.5) is 0 Å². The van der Waals surface area contributed by atoms with E-state index in [1.807, 2.05) is 6.07 Å². The van der Waals surface area contributed by atoms with E-state index < -0.39 is 0 Å². The van der Waals surface area contributed by atoms with Gasteiger partial charge in [0.1, 0.15) is 18.2 Å². The van der Waals surface area contributed by atoms with E-state index in [2.05, 4.69) is 0 Å². The monoisotopic (exact) mass is 245 g/mol. The molecule has 18 heavy (non-hydrogen) atoms. The third-order valence-electron chi connectivity index (χ3n) is 3.27. The highest BCUT2D eigenvalue weighted by molar-refractivity contribution is 5.76. The van der Waals surface area contributed by atoms with Crippen LogP contribution in [0, 0.1) is 18.3 Å². The second-order valence-electron chi connectivity index (χ2n) is 4.48. The Balaban J connectivity index is 2.26. The predicted octanol–water partition coefficient (Wildman–Crippen LogP) is 0.651. The van der Waals surface area contributed by atoms with Crippen molar-refractivity contribution >= 4 is 5.91 Å². The molecule has 1 aliphatic rings. The number of hydrogen-bond donors (Lipinski definition) is 0. The number of rotatable bonds is 2. The fourth-order valence-electron chi connectivity index (χ4n) is 2.15. The lowest BCUT2D eigenvalue weighted by Crippen LogP contribution is -2.36. The maximum absolute atomic E-state index is 12.0. The molecule has 0 unspecified atom stereocenters. The van der Waals surface area contributed by atoms with Crippen molar-refractivity contribution in [2.45, 2.75) is 26.3 Å². The van der Waals surface area contributed by atoms with E-state index >= 15 is 0 Å². The lowest BCUT2D eigenvalue weighted by atomic mass is 10.2. The smallest absolute Gasteiger partial charge is 0.269 e. The van der Waals surface area contributed by atoms with Crippen LogP contribution >= 0.6 is 0 Å². The van der Waals surface area contributed by atoms with Gasteiger partial charge >= 0.3 is 0 Å². The molecule has 1 aromatic heterocycles. The summed E-state index contributed by atoms with van der Waals surface area (Å²) in [4.78, 5) is 25.7. The first-order valence-corrected chi connectivity index (χ1v) is 6.02. The molecule has 2 rings (SSSR count). The van der Waals surface area contributed by atoms with Gasteiger partial charge in [-0.05, 0) is 31.9 Å². The van der Waals surface area contributed by atoms with Gasteiger partial charge in [0.15, 0.2) is 0 Å². The Kier molecular flexibility index (Phi) is 3.47. The van der Waals surface area contributed by atoms with Gasteiger partial charge in [0, 0.05) is 18.8 Å². The molecule has 2 heterocycles. The lowest BCUT2D eigenvalue weighted by Gasteiger charge is -2.17. The van der Waals surface area contributed by atoms with Crippen molar-refractivity contribution in [2.24, 2.45) is 0 Å². The average Bonchev–Trinajstić information content (AvgIpc) is 2.88. The van der Waals surface area contributed by atoms with Crippen LogP contribution < -0.4 is 5.56 Å². The summed E-state index contributed by atoms with van der Waals surface area (Å²) < 4.78 is 1.37. The number of hydrogen-bond acceptors (Lipinski definition) is 3. The zero-order valence-electron chi connectivity index (χ0n) is 10.3. The highest BCUT2D eigenvalue weighted by Crippen LogP contribution is 2.08. The average molecular weight is 245 g/mol. The number of amides is 1. The summed E-state index contributed by atoms with van der Waals surface area (Å²) in [5, 5.41) is 8.82. The topological polar surface area (TPSA) is 66.1 Å². The molecule has 0 radical (unpaired) electrons. The van der Waals surface area contributed by atoms with Gasteiger partial charge in [0.25, 0.3) is 5.56 Å². The largest absolute Gasteiger partial charge is 0.341 e. The fraction of sp³-hybridized carbons (Fsp3) is 0.462. The number of carbonyl (C=O) groups excluding carboxylic acids is 1. The van der Waals surface area contributed by atoms with Gasteiger partial charge < -0.3 is 9.47 Å². The maximum atomic E-state index is 12.0. The summed E-state index contributed by atoms with van der Waals surface area (Å²) in [5.74, 6) is -0.0483. The number of nitriles is 1. The molecule has 0 aromatic carbocycles. The summed E-state index contributed by atoms with van der Waals surface area (Å²) >= 11 is 0. The lowest BCUT2D eigenvalue weighted by molar-refractivity contribution is -0.130. The van der Waals surface area contributed by atoms with E-state index in [4.69, 9.17) is 5.26 Å². The van der Waals surface area contributed by atoms with Crippen LogP contribution in [-0.4, -0.2) is 28.5 Å². The van der Waals surface area contributed by atoms with Gasteiger partial charge in [-0.15, -0.1) is 0 Å². The molecule has 94 valence electrons. The predicted molar refractivity (Wildman–Crippen MR) is 66.0 cm³/mol. The fourth-order valence-corrected chi connectivity index (χ4v) is 2.15. The molecule has 5 nitrogen and oxygen atoms in total. The molecule has 0 aliphatic carbocycles. The zero-order chi connectivity index (χ0) is 13.1. The summed E-state index contributed by atoms with van der Waals surface area (Å²) in [6.07, 6.45) is 2.05. The molecule has 5 heteroatoms. The minimum atomic E-state index is -0.384. The SMILES string of the molecule is Cc1ccc(C#N)c(=O)n1CC(=O)N1CCCC1. The summed E-state index contributed by atoms with van der Waals surface area (Å²) in [5.41, 5.74) is 0.395. The summed E-state index contributed by atoms with van der Waals surface area (Å²) in [6, 6.07) is 5.03. The second-order valence-corrected chi connectivity index (χ2v) is 4.48.